The molecule has 6 nitrogen and oxygen atoms in total. The number of ether oxygens (including phenoxy) is 1. The van der Waals surface area contributed by atoms with Crippen LogP contribution in [0.3, 0.4) is 0 Å². The minimum Gasteiger partial charge on any atom is -0.462 e. The lowest BCUT2D eigenvalue weighted by molar-refractivity contribution is 0.0487. The molecule has 132 valence electrons. The molecule has 6 heteroatoms. The van der Waals surface area contributed by atoms with Gasteiger partial charge < -0.3 is 19.4 Å². The van der Waals surface area contributed by atoms with Crippen molar-refractivity contribution in [1.82, 2.24) is 9.55 Å². The number of aromatic nitrogens is 2. The minimum absolute atomic E-state index is 0.242. The SMILES string of the molecule is Cc1[nH]c2c(=O)n(C)cc(C#CC(C)(C)O)c2c1C(=O)OCC1CC1. The highest BCUT2D eigenvalue weighted by molar-refractivity contribution is 6.07. The molecule has 0 saturated heterocycles. The largest absolute Gasteiger partial charge is 0.462 e. The van der Waals surface area contributed by atoms with E-state index in [1.165, 1.54) is 4.57 Å². The van der Waals surface area contributed by atoms with Gasteiger partial charge in [0.25, 0.3) is 5.56 Å². The zero-order chi connectivity index (χ0) is 18.4. The van der Waals surface area contributed by atoms with Crippen LogP contribution in [-0.4, -0.2) is 32.8 Å². The summed E-state index contributed by atoms with van der Waals surface area (Å²) in [6.07, 6.45) is 3.75. The molecule has 1 aliphatic carbocycles. The average Bonchev–Trinajstić information content (AvgIpc) is 3.28. The predicted molar refractivity (Wildman–Crippen MR) is 94.5 cm³/mol. The van der Waals surface area contributed by atoms with Crippen molar-refractivity contribution in [1.29, 1.82) is 0 Å². The Morgan fingerprint density at radius 2 is 2.16 bits per heavy atom. The number of carbonyl (C=O) groups is 1. The molecule has 0 unspecified atom stereocenters. The summed E-state index contributed by atoms with van der Waals surface area (Å²) in [6, 6.07) is 0. The molecule has 0 radical (unpaired) electrons. The Labute approximate surface area is 145 Å². The molecule has 1 saturated carbocycles. The molecule has 1 fully saturated rings. The molecule has 25 heavy (non-hydrogen) atoms. The normalized spacial score (nSPS) is 14.3. The van der Waals surface area contributed by atoms with E-state index in [0.717, 1.165) is 12.8 Å². The van der Waals surface area contributed by atoms with Gasteiger partial charge in [-0.2, -0.15) is 0 Å². The van der Waals surface area contributed by atoms with Crippen LogP contribution in [0.2, 0.25) is 0 Å². The first-order valence-electron chi connectivity index (χ1n) is 8.32. The van der Waals surface area contributed by atoms with Gasteiger partial charge in [-0.25, -0.2) is 4.79 Å². The van der Waals surface area contributed by atoms with Gasteiger partial charge in [0.1, 0.15) is 11.1 Å². The summed E-state index contributed by atoms with van der Waals surface area (Å²) in [5, 5.41) is 10.3. The fourth-order valence-corrected chi connectivity index (χ4v) is 2.67. The summed E-state index contributed by atoms with van der Waals surface area (Å²) >= 11 is 0. The zero-order valence-electron chi connectivity index (χ0n) is 14.9. The first-order chi connectivity index (χ1) is 11.7. The quantitative estimate of drug-likeness (QED) is 0.659. The maximum absolute atomic E-state index is 12.6. The highest BCUT2D eigenvalue weighted by Crippen LogP contribution is 2.30. The number of aryl methyl sites for hydroxylation is 2. The van der Waals surface area contributed by atoms with E-state index in [4.69, 9.17) is 4.74 Å². The van der Waals surface area contributed by atoms with Crippen LogP contribution < -0.4 is 5.56 Å². The van der Waals surface area contributed by atoms with Crippen molar-refractivity contribution in [2.45, 2.75) is 39.2 Å². The molecule has 2 aromatic heterocycles. The summed E-state index contributed by atoms with van der Waals surface area (Å²) < 4.78 is 6.81. The maximum atomic E-state index is 12.6. The van der Waals surface area contributed by atoms with Gasteiger partial charge in [-0.3, -0.25) is 4.79 Å². The second kappa shape index (κ2) is 6.08. The van der Waals surface area contributed by atoms with Crippen LogP contribution in [0.4, 0.5) is 0 Å². The molecule has 0 aromatic carbocycles. The molecule has 1 aliphatic rings. The fourth-order valence-electron chi connectivity index (χ4n) is 2.67. The van der Waals surface area contributed by atoms with Crippen LogP contribution in [0.5, 0.6) is 0 Å². The van der Waals surface area contributed by atoms with Crippen molar-refractivity contribution in [2.24, 2.45) is 13.0 Å². The molecule has 0 spiro atoms. The second-order valence-electron chi connectivity index (χ2n) is 7.18. The molecule has 0 aliphatic heterocycles. The Hall–Kier alpha value is -2.52. The number of hydrogen-bond acceptors (Lipinski definition) is 4. The third-order valence-electron chi connectivity index (χ3n) is 4.17. The molecule has 3 rings (SSSR count). The van der Waals surface area contributed by atoms with E-state index in [0.29, 0.717) is 40.2 Å². The predicted octanol–water partition coefficient (Wildman–Crippen LogP) is 1.86. The van der Waals surface area contributed by atoms with Gasteiger partial charge in [0.15, 0.2) is 0 Å². The molecule has 2 aromatic rings. The second-order valence-corrected chi connectivity index (χ2v) is 7.18. The number of H-pyrrole nitrogens is 1. The van der Waals surface area contributed by atoms with E-state index in [2.05, 4.69) is 16.8 Å². The van der Waals surface area contributed by atoms with Crippen molar-refractivity contribution in [3.05, 3.63) is 33.4 Å². The number of nitrogens with one attached hydrogen (secondary N) is 1. The Morgan fingerprint density at radius 1 is 1.48 bits per heavy atom. The summed E-state index contributed by atoms with van der Waals surface area (Å²) in [6.45, 7) is 5.29. The van der Waals surface area contributed by atoms with Crippen LogP contribution in [0.1, 0.15) is 48.3 Å². The van der Waals surface area contributed by atoms with E-state index in [1.807, 2.05) is 0 Å². The number of aromatic amines is 1. The first-order valence-corrected chi connectivity index (χ1v) is 8.32. The number of carbonyl (C=O) groups excluding carboxylic acids is 1. The maximum Gasteiger partial charge on any atom is 0.340 e. The lowest BCUT2D eigenvalue weighted by Gasteiger charge is -2.08. The van der Waals surface area contributed by atoms with Crippen molar-refractivity contribution in [3.8, 4) is 11.8 Å². The van der Waals surface area contributed by atoms with Crippen LogP contribution >= 0.6 is 0 Å². The van der Waals surface area contributed by atoms with E-state index in [9.17, 15) is 14.7 Å². The molecular formula is C19H22N2O4. The first kappa shape index (κ1) is 17.3. The van der Waals surface area contributed by atoms with Gasteiger partial charge in [0.05, 0.1) is 17.7 Å². The fraction of sp³-hybridized carbons (Fsp3) is 0.474. The number of rotatable bonds is 3. The van der Waals surface area contributed by atoms with Gasteiger partial charge in [0, 0.05) is 24.3 Å². The molecular weight excluding hydrogens is 320 g/mol. The molecule has 0 atom stereocenters. The lowest BCUT2D eigenvalue weighted by Crippen LogP contribution is -2.18. The van der Waals surface area contributed by atoms with Crippen LogP contribution in [0.25, 0.3) is 10.9 Å². The van der Waals surface area contributed by atoms with Gasteiger partial charge in [0.2, 0.25) is 0 Å². The van der Waals surface area contributed by atoms with Crippen molar-refractivity contribution >= 4 is 16.9 Å². The monoisotopic (exact) mass is 342 g/mol. The van der Waals surface area contributed by atoms with Gasteiger partial charge in [-0.15, -0.1) is 0 Å². The average molecular weight is 342 g/mol. The van der Waals surface area contributed by atoms with Crippen LogP contribution in [0.15, 0.2) is 11.0 Å². The highest BCUT2D eigenvalue weighted by Gasteiger charge is 2.26. The third-order valence-corrected chi connectivity index (χ3v) is 4.17. The summed E-state index contributed by atoms with van der Waals surface area (Å²) in [7, 11) is 1.62. The molecule has 0 bridgehead atoms. The van der Waals surface area contributed by atoms with E-state index in [1.54, 1.807) is 34.0 Å². The van der Waals surface area contributed by atoms with Crippen molar-refractivity contribution in [3.63, 3.8) is 0 Å². The molecule has 2 N–H and O–H groups in total. The Kier molecular flexibility index (Phi) is 4.21. The number of fused-ring (bicyclic) bond motifs is 1. The lowest BCUT2D eigenvalue weighted by atomic mass is 10.1. The summed E-state index contributed by atoms with van der Waals surface area (Å²) in [5.74, 6) is 5.64. The van der Waals surface area contributed by atoms with E-state index >= 15 is 0 Å². The number of nitrogens with zero attached hydrogens (tertiary/aromatic N) is 1. The van der Waals surface area contributed by atoms with E-state index in [-0.39, 0.29) is 5.56 Å². The molecule has 0 amide bonds. The van der Waals surface area contributed by atoms with Crippen LogP contribution in [0, 0.1) is 24.7 Å². The van der Waals surface area contributed by atoms with Crippen LogP contribution in [-0.2, 0) is 11.8 Å². The summed E-state index contributed by atoms with van der Waals surface area (Å²) in [4.78, 5) is 28.0. The highest BCUT2D eigenvalue weighted by atomic mass is 16.5. The van der Waals surface area contributed by atoms with Crippen molar-refractivity contribution < 1.29 is 14.6 Å². The number of aliphatic hydroxyl groups is 1. The Bertz CT molecular complexity index is 960. The van der Waals surface area contributed by atoms with Crippen molar-refractivity contribution in [2.75, 3.05) is 6.61 Å². The van der Waals surface area contributed by atoms with Gasteiger partial charge in [-0.1, -0.05) is 11.8 Å². The smallest absolute Gasteiger partial charge is 0.340 e. The molecule has 2 heterocycles. The zero-order valence-corrected chi connectivity index (χ0v) is 14.9. The Balaban J connectivity index is 2.17. The minimum atomic E-state index is -1.18. The van der Waals surface area contributed by atoms with Gasteiger partial charge in [-0.05, 0) is 39.5 Å². The topological polar surface area (TPSA) is 84.3 Å². The Morgan fingerprint density at radius 3 is 2.76 bits per heavy atom. The van der Waals surface area contributed by atoms with E-state index < -0.39 is 11.6 Å². The number of pyridine rings is 1. The van der Waals surface area contributed by atoms with Gasteiger partial charge >= 0.3 is 5.97 Å². The summed E-state index contributed by atoms with van der Waals surface area (Å²) in [5.41, 5.74) is 0.314. The standard InChI is InChI=1S/C19H22N2O4/c1-11-14(18(23)25-10-12-5-6-12)15-13(7-8-19(2,3)24)9-21(4)17(22)16(15)20-11/h9,12,20,24H,5-6,10H2,1-4H3. The number of esters is 1. The third kappa shape index (κ3) is 3.62. The number of hydrogen-bond donors (Lipinski definition) is 2.